The molecule has 2 aliphatic heterocycles. The summed E-state index contributed by atoms with van der Waals surface area (Å²) in [6.45, 7) is 2.34. The van der Waals surface area contributed by atoms with E-state index >= 15 is 0 Å². The number of likely N-dealkylation sites (tertiary alicyclic amines) is 1. The van der Waals surface area contributed by atoms with Gasteiger partial charge in [0.05, 0.1) is 11.8 Å². The molecular formula is C16H23N3O3S. The zero-order chi connectivity index (χ0) is 16.4. The highest BCUT2D eigenvalue weighted by Crippen LogP contribution is 2.24. The highest BCUT2D eigenvalue weighted by Gasteiger charge is 2.28. The van der Waals surface area contributed by atoms with E-state index in [1.165, 1.54) is 23.4 Å². The Balaban J connectivity index is 1.86. The summed E-state index contributed by atoms with van der Waals surface area (Å²) in [5.41, 5.74) is 2.47. The molecule has 1 fully saturated rings. The van der Waals surface area contributed by atoms with E-state index in [1.54, 1.807) is 12.4 Å². The number of hydrogen-bond acceptors (Lipinski definition) is 4. The van der Waals surface area contributed by atoms with Crippen molar-refractivity contribution >= 4 is 15.9 Å². The van der Waals surface area contributed by atoms with Crippen LogP contribution in [0.3, 0.4) is 0 Å². The van der Waals surface area contributed by atoms with Crippen LogP contribution < -0.4 is 0 Å². The third-order valence-corrected chi connectivity index (χ3v) is 5.95. The Bertz CT molecular complexity index is 695. The lowest BCUT2D eigenvalue weighted by atomic mass is 9.97. The van der Waals surface area contributed by atoms with Crippen molar-refractivity contribution in [1.82, 2.24) is 14.2 Å². The average Bonchev–Trinajstić information content (AvgIpc) is 2.81. The van der Waals surface area contributed by atoms with Crippen LogP contribution in [0.25, 0.3) is 0 Å². The molecule has 3 rings (SSSR count). The van der Waals surface area contributed by atoms with Gasteiger partial charge in [-0.3, -0.25) is 9.78 Å². The third kappa shape index (κ3) is 3.55. The molecule has 1 saturated heterocycles. The lowest BCUT2D eigenvalue weighted by molar-refractivity contribution is 0.0759. The maximum Gasteiger partial charge on any atom is 0.255 e. The standard InChI is InChI=1S/C16H23N3O3S/c1-23(21,22)19-9-6-14-13(12-19)10-17-11-15(14)16(20)18-7-4-2-3-5-8-18/h10-11H,2-9,12H2,1H3. The summed E-state index contributed by atoms with van der Waals surface area (Å²) >= 11 is 0. The van der Waals surface area contributed by atoms with Gasteiger partial charge in [-0.2, -0.15) is 4.31 Å². The number of nitrogens with zero attached hydrogens (tertiary/aromatic N) is 3. The first-order valence-electron chi connectivity index (χ1n) is 8.17. The normalized spacial score (nSPS) is 20.0. The van der Waals surface area contributed by atoms with Gasteiger partial charge in [0, 0.05) is 38.6 Å². The van der Waals surface area contributed by atoms with E-state index in [9.17, 15) is 13.2 Å². The van der Waals surface area contributed by atoms with Gasteiger partial charge in [0.15, 0.2) is 0 Å². The lowest BCUT2D eigenvalue weighted by Crippen LogP contribution is -2.37. The van der Waals surface area contributed by atoms with E-state index in [1.807, 2.05) is 4.90 Å². The van der Waals surface area contributed by atoms with Gasteiger partial charge in [0.1, 0.15) is 0 Å². The Labute approximate surface area is 137 Å². The van der Waals surface area contributed by atoms with E-state index < -0.39 is 10.0 Å². The van der Waals surface area contributed by atoms with Crippen LogP contribution in [-0.2, 0) is 23.0 Å². The van der Waals surface area contributed by atoms with Crippen LogP contribution in [0.4, 0.5) is 0 Å². The van der Waals surface area contributed by atoms with Gasteiger partial charge in [-0.25, -0.2) is 8.42 Å². The fraction of sp³-hybridized carbons (Fsp3) is 0.625. The monoisotopic (exact) mass is 337 g/mol. The van der Waals surface area contributed by atoms with Crippen molar-refractivity contribution < 1.29 is 13.2 Å². The predicted octanol–water partition coefficient (Wildman–Crippen LogP) is 1.42. The zero-order valence-electron chi connectivity index (χ0n) is 13.5. The number of hydrogen-bond donors (Lipinski definition) is 0. The van der Waals surface area contributed by atoms with Crippen LogP contribution in [0.2, 0.25) is 0 Å². The SMILES string of the molecule is CS(=O)(=O)N1CCc2c(cncc2C(=O)N2CCCCCC2)C1. The number of aromatic nitrogens is 1. The second-order valence-electron chi connectivity index (χ2n) is 6.38. The van der Waals surface area contributed by atoms with Crippen molar-refractivity contribution in [1.29, 1.82) is 0 Å². The van der Waals surface area contributed by atoms with Crippen LogP contribution in [-0.4, -0.2) is 54.4 Å². The van der Waals surface area contributed by atoms with E-state index in [0.29, 0.717) is 25.1 Å². The number of rotatable bonds is 2. The quantitative estimate of drug-likeness (QED) is 0.818. The molecule has 6 nitrogen and oxygen atoms in total. The maximum atomic E-state index is 12.9. The molecular weight excluding hydrogens is 314 g/mol. The molecule has 0 bridgehead atoms. The third-order valence-electron chi connectivity index (χ3n) is 4.70. The first-order chi connectivity index (χ1) is 11.0. The molecule has 0 aliphatic carbocycles. The maximum absolute atomic E-state index is 12.9. The predicted molar refractivity (Wildman–Crippen MR) is 87.6 cm³/mol. The molecule has 1 aromatic rings. The van der Waals surface area contributed by atoms with E-state index in [-0.39, 0.29) is 5.91 Å². The molecule has 23 heavy (non-hydrogen) atoms. The van der Waals surface area contributed by atoms with Crippen LogP contribution in [0, 0.1) is 0 Å². The number of amides is 1. The number of carbonyl (C=O) groups excluding carboxylic acids is 1. The molecule has 3 heterocycles. The molecule has 0 spiro atoms. The smallest absolute Gasteiger partial charge is 0.255 e. The van der Waals surface area contributed by atoms with Gasteiger partial charge in [0.2, 0.25) is 10.0 Å². The topological polar surface area (TPSA) is 70.6 Å². The first kappa shape index (κ1) is 16.4. The van der Waals surface area contributed by atoms with Crippen LogP contribution >= 0.6 is 0 Å². The van der Waals surface area contributed by atoms with E-state index in [2.05, 4.69) is 4.98 Å². The van der Waals surface area contributed by atoms with Gasteiger partial charge in [-0.15, -0.1) is 0 Å². The average molecular weight is 337 g/mol. The van der Waals surface area contributed by atoms with Crippen molar-refractivity contribution in [2.24, 2.45) is 0 Å². The number of sulfonamides is 1. The Morgan fingerprint density at radius 3 is 2.43 bits per heavy atom. The summed E-state index contributed by atoms with van der Waals surface area (Å²) in [4.78, 5) is 19.0. The summed E-state index contributed by atoms with van der Waals surface area (Å²) in [5.74, 6) is 0.0454. The van der Waals surface area contributed by atoms with Crippen molar-refractivity contribution in [3.63, 3.8) is 0 Å². The molecule has 0 N–H and O–H groups in total. The Hall–Kier alpha value is -1.47. The van der Waals surface area contributed by atoms with Gasteiger partial charge >= 0.3 is 0 Å². The van der Waals surface area contributed by atoms with Crippen LogP contribution in [0.15, 0.2) is 12.4 Å². The molecule has 1 aromatic heterocycles. The summed E-state index contributed by atoms with van der Waals surface area (Å²) < 4.78 is 24.9. The molecule has 126 valence electrons. The van der Waals surface area contributed by atoms with Crippen LogP contribution in [0.5, 0.6) is 0 Å². The Morgan fingerprint density at radius 1 is 1.09 bits per heavy atom. The van der Waals surface area contributed by atoms with Gasteiger partial charge < -0.3 is 4.90 Å². The number of fused-ring (bicyclic) bond motifs is 1. The van der Waals surface area contributed by atoms with Crippen molar-refractivity contribution in [2.45, 2.75) is 38.6 Å². The summed E-state index contributed by atoms with van der Waals surface area (Å²) in [6, 6.07) is 0. The largest absolute Gasteiger partial charge is 0.339 e. The minimum atomic E-state index is -3.22. The molecule has 7 heteroatoms. The molecule has 1 amide bonds. The molecule has 0 saturated carbocycles. The molecule has 0 radical (unpaired) electrons. The first-order valence-corrected chi connectivity index (χ1v) is 10.0. The number of pyridine rings is 1. The Kier molecular flexibility index (Phi) is 4.68. The molecule has 0 atom stereocenters. The minimum Gasteiger partial charge on any atom is -0.339 e. The van der Waals surface area contributed by atoms with E-state index in [4.69, 9.17) is 0 Å². The Morgan fingerprint density at radius 2 is 1.78 bits per heavy atom. The van der Waals surface area contributed by atoms with Gasteiger partial charge in [0.25, 0.3) is 5.91 Å². The fourth-order valence-corrected chi connectivity index (χ4v) is 4.18. The molecule has 0 aromatic carbocycles. The summed E-state index contributed by atoms with van der Waals surface area (Å²) in [7, 11) is -3.22. The van der Waals surface area contributed by atoms with Crippen molar-refractivity contribution in [3.05, 3.63) is 29.1 Å². The lowest BCUT2D eigenvalue weighted by Gasteiger charge is -2.29. The van der Waals surface area contributed by atoms with Crippen molar-refractivity contribution in [2.75, 3.05) is 25.9 Å². The summed E-state index contributed by atoms with van der Waals surface area (Å²) in [5, 5.41) is 0. The van der Waals surface area contributed by atoms with Crippen LogP contribution in [0.1, 0.15) is 47.2 Å². The van der Waals surface area contributed by atoms with Gasteiger partial charge in [-0.1, -0.05) is 12.8 Å². The zero-order valence-corrected chi connectivity index (χ0v) is 14.3. The summed E-state index contributed by atoms with van der Waals surface area (Å²) in [6.07, 6.45) is 9.58. The highest BCUT2D eigenvalue weighted by atomic mass is 32.2. The molecule has 0 unspecified atom stereocenters. The fourth-order valence-electron chi connectivity index (χ4n) is 3.38. The molecule has 2 aliphatic rings. The van der Waals surface area contributed by atoms with Crippen molar-refractivity contribution in [3.8, 4) is 0 Å². The number of carbonyl (C=O) groups is 1. The second-order valence-corrected chi connectivity index (χ2v) is 8.36. The van der Waals surface area contributed by atoms with Gasteiger partial charge in [-0.05, 0) is 30.4 Å². The van der Waals surface area contributed by atoms with E-state index in [0.717, 1.165) is 37.1 Å². The highest BCUT2D eigenvalue weighted by molar-refractivity contribution is 7.88. The minimum absolute atomic E-state index is 0.0454. The second kappa shape index (κ2) is 6.57.